The number of hydrogen-bond acceptors (Lipinski definition) is 8. The van der Waals surface area contributed by atoms with Gasteiger partial charge in [0.15, 0.2) is 11.5 Å². The third-order valence-corrected chi connectivity index (χ3v) is 5.45. The number of ether oxygens (including phenoxy) is 3. The molecule has 0 aliphatic carbocycles. The predicted octanol–water partition coefficient (Wildman–Crippen LogP) is 3.27. The smallest absolute Gasteiger partial charge is 0.419 e. The normalized spacial score (nSPS) is 12.0. The Morgan fingerprint density at radius 3 is 2.28 bits per heavy atom. The predicted molar refractivity (Wildman–Crippen MR) is 129 cm³/mol. The molecule has 3 N–H and O–H groups in total. The number of benzene rings is 2. The highest BCUT2D eigenvalue weighted by atomic mass is 19.4. The van der Waals surface area contributed by atoms with E-state index in [1.807, 2.05) is 0 Å². The van der Waals surface area contributed by atoms with E-state index in [4.69, 9.17) is 19.3 Å². The zero-order valence-electron chi connectivity index (χ0n) is 20.7. The average Bonchev–Trinajstić information content (AvgIpc) is 2.93. The maximum Gasteiger partial charge on any atom is 0.419 e. The number of hydrogen-bond donors (Lipinski definition) is 3. The van der Waals surface area contributed by atoms with Crippen LogP contribution in [-0.2, 0) is 6.18 Å². The molecule has 0 aliphatic heterocycles. The summed E-state index contributed by atoms with van der Waals surface area (Å²) in [5, 5.41) is 21.1. The molecule has 1 heterocycles. The van der Waals surface area contributed by atoms with Crippen LogP contribution in [0.5, 0.6) is 17.2 Å². The number of amides is 1. The van der Waals surface area contributed by atoms with Crippen molar-refractivity contribution in [3.63, 3.8) is 0 Å². The van der Waals surface area contributed by atoms with Crippen LogP contribution in [0, 0.1) is 5.82 Å². The molecule has 0 saturated carbocycles. The number of aliphatic hydroxyl groups excluding tert-OH is 2. The number of nitrogens with one attached hydrogen (secondary N) is 1. The highest BCUT2D eigenvalue weighted by molar-refractivity contribution is 6.04. The largest absolute Gasteiger partial charge is 0.494 e. The van der Waals surface area contributed by atoms with Crippen molar-refractivity contribution in [1.29, 1.82) is 0 Å². The molecule has 9 nitrogen and oxygen atoms in total. The number of aromatic nitrogens is 1. The van der Waals surface area contributed by atoms with Crippen molar-refractivity contribution in [1.82, 2.24) is 10.3 Å². The molecule has 3 rings (SSSR count). The Morgan fingerprint density at radius 1 is 0.974 bits per heavy atom. The van der Waals surface area contributed by atoms with E-state index in [0.717, 1.165) is 6.07 Å². The van der Waals surface area contributed by atoms with Gasteiger partial charge in [0.05, 0.1) is 33.0 Å². The van der Waals surface area contributed by atoms with Crippen molar-refractivity contribution in [3.8, 4) is 28.5 Å². The zero-order chi connectivity index (χ0) is 28.7. The van der Waals surface area contributed by atoms with Gasteiger partial charge < -0.3 is 29.7 Å². The number of pyridine rings is 1. The first-order valence-electron chi connectivity index (χ1n) is 11.3. The Labute approximate surface area is 220 Å². The van der Waals surface area contributed by atoms with Gasteiger partial charge in [0, 0.05) is 11.1 Å². The van der Waals surface area contributed by atoms with E-state index in [0.29, 0.717) is 12.1 Å². The van der Waals surface area contributed by atoms with Crippen LogP contribution in [0.15, 0.2) is 48.5 Å². The van der Waals surface area contributed by atoms with Gasteiger partial charge in [-0.25, -0.2) is 9.37 Å². The van der Waals surface area contributed by atoms with E-state index in [2.05, 4.69) is 10.3 Å². The minimum atomic E-state index is -4.97. The van der Waals surface area contributed by atoms with E-state index in [1.165, 1.54) is 44.6 Å². The van der Waals surface area contributed by atoms with Crippen LogP contribution in [0.25, 0.3) is 11.3 Å². The summed E-state index contributed by atoms with van der Waals surface area (Å²) in [5.74, 6) is -2.62. The zero-order valence-corrected chi connectivity index (χ0v) is 20.7. The average molecular weight is 552 g/mol. The summed E-state index contributed by atoms with van der Waals surface area (Å²) < 4.78 is 69.1. The first-order chi connectivity index (χ1) is 18.5. The monoisotopic (exact) mass is 552 g/mol. The molecule has 3 aromatic rings. The minimum Gasteiger partial charge on any atom is -0.494 e. The second-order valence-electron chi connectivity index (χ2n) is 7.95. The quantitative estimate of drug-likeness (QED) is 0.244. The lowest BCUT2D eigenvalue weighted by Gasteiger charge is -2.17. The van der Waals surface area contributed by atoms with Crippen molar-refractivity contribution >= 4 is 11.7 Å². The molecule has 2 aromatic carbocycles. The van der Waals surface area contributed by atoms with Crippen molar-refractivity contribution < 1.29 is 51.6 Å². The Morgan fingerprint density at radius 2 is 1.67 bits per heavy atom. The summed E-state index contributed by atoms with van der Waals surface area (Å²) >= 11 is 0. The van der Waals surface area contributed by atoms with Crippen LogP contribution < -0.4 is 19.5 Å². The van der Waals surface area contributed by atoms with Crippen molar-refractivity contribution in [3.05, 3.63) is 71.2 Å². The SMILES string of the molecule is COc1cc(C(=O)NC(CO)C(=O)c2ccc(OC)c(-c3ccc(F)c(C(F)(F)F)c3)n2)ccc1OCCO. The topological polar surface area (TPSA) is 127 Å². The summed E-state index contributed by atoms with van der Waals surface area (Å²) in [6.07, 6.45) is -4.97. The van der Waals surface area contributed by atoms with Crippen molar-refractivity contribution in [2.75, 3.05) is 34.0 Å². The van der Waals surface area contributed by atoms with Crippen LogP contribution in [0.2, 0.25) is 0 Å². The number of halogens is 4. The number of carbonyl (C=O) groups excluding carboxylic acids is 2. The molecule has 1 aromatic heterocycles. The van der Waals surface area contributed by atoms with Gasteiger partial charge in [-0.05, 0) is 48.5 Å². The van der Waals surface area contributed by atoms with Gasteiger partial charge in [-0.3, -0.25) is 9.59 Å². The van der Waals surface area contributed by atoms with Gasteiger partial charge in [0.25, 0.3) is 5.91 Å². The van der Waals surface area contributed by atoms with Gasteiger partial charge >= 0.3 is 6.18 Å². The summed E-state index contributed by atoms with van der Waals surface area (Å²) in [7, 11) is 2.58. The fourth-order valence-corrected chi connectivity index (χ4v) is 3.54. The Balaban J connectivity index is 1.89. The van der Waals surface area contributed by atoms with Crippen LogP contribution in [0.1, 0.15) is 26.4 Å². The third kappa shape index (κ3) is 6.81. The minimum absolute atomic E-state index is 0.00468. The van der Waals surface area contributed by atoms with Gasteiger partial charge in [0.1, 0.15) is 35.6 Å². The van der Waals surface area contributed by atoms with Gasteiger partial charge in [0.2, 0.25) is 5.78 Å². The number of alkyl halides is 3. The molecule has 1 atom stereocenters. The molecule has 0 aliphatic rings. The molecule has 208 valence electrons. The number of rotatable bonds is 11. The van der Waals surface area contributed by atoms with Crippen LogP contribution in [0.3, 0.4) is 0 Å². The molecular weight excluding hydrogens is 528 g/mol. The fraction of sp³-hybridized carbons (Fsp3) is 0.269. The van der Waals surface area contributed by atoms with Crippen molar-refractivity contribution in [2.45, 2.75) is 12.2 Å². The summed E-state index contributed by atoms with van der Waals surface area (Å²) in [4.78, 5) is 30.0. The molecule has 0 radical (unpaired) electrons. The van der Waals surface area contributed by atoms with Gasteiger partial charge in [-0.15, -0.1) is 0 Å². The number of carbonyl (C=O) groups is 2. The molecule has 0 spiro atoms. The molecule has 1 unspecified atom stereocenters. The number of Topliss-reactive ketones (excluding diaryl/α,β-unsaturated/α-hetero) is 1. The maximum atomic E-state index is 13.8. The van der Waals surface area contributed by atoms with Crippen LogP contribution >= 0.6 is 0 Å². The number of methoxy groups -OCH3 is 2. The Hall–Kier alpha value is -4.23. The second kappa shape index (κ2) is 12.5. The number of aliphatic hydroxyl groups is 2. The molecule has 0 fully saturated rings. The second-order valence-corrected chi connectivity index (χ2v) is 7.95. The number of nitrogens with zero attached hydrogens (tertiary/aromatic N) is 1. The summed E-state index contributed by atoms with van der Waals surface area (Å²) in [6.45, 7) is -1.07. The highest BCUT2D eigenvalue weighted by Gasteiger charge is 2.35. The standard InChI is InChI=1S/C26H24F4N2O7/c1-37-21-8-6-18(31-23(21)14-3-5-17(27)16(11-14)26(28,29)30)24(35)19(13-34)32-25(36)15-4-7-20(39-10-9-33)22(12-15)38-2/h3-8,11-12,19,33-34H,9-10,13H2,1-2H3,(H,32,36). The fourth-order valence-electron chi connectivity index (χ4n) is 3.54. The van der Waals surface area contributed by atoms with Gasteiger partial charge in [-0.2, -0.15) is 13.2 Å². The highest BCUT2D eigenvalue weighted by Crippen LogP contribution is 2.36. The third-order valence-electron chi connectivity index (χ3n) is 5.45. The van der Waals surface area contributed by atoms with E-state index < -0.39 is 41.9 Å². The molecule has 13 heteroatoms. The lowest BCUT2D eigenvalue weighted by atomic mass is 10.0. The first-order valence-corrected chi connectivity index (χ1v) is 11.3. The molecule has 0 bridgehead atoms. The van der Waals surface area contributed by atoms with Crippen LogP contribution in [-0.4, -0.2) is 67.0 Å². The molecule has 39 heavy (non-hydrogen) atoms. The summed E-state index contributed by atoms with van der Waals surface area (Å²) in [5.41, 5.74) is -2.11. The molecule has 0 saturated heterocycles. The Kier molecular flexibility index (Phi) is 9.43. The van der Waals surface area contributed by atoms with E-state index >= 15 is 0 Å². The van der Waals surface area contributed by atoms with Crippen molar-refractivity contribution in [2.24, 2.45) is 0 Å². The van der Waals surface area contributed by atoms with Crippen LogP contribution in [0.4, 0.5) is 17.6 Å². The van der Waals surface area contributed by atoms with E-state index in [9.17, 15) is 32.3 Å². The molecular formula is C26H24F4N2O7. The Bertz CT molecular complexity index is 1350. The van der Waals surface area contributed by atoms with E-state index in [1.54, 1.807) is 0 Å². The van der Waals surface area contributed by atoms with E-state index in [-0.39, 0.29) is 53.0 Å². The first kappa shape index (κ1) is 29.3. The lowest BCUT2D eigenvalue weighted by molar-refractivity contribution is -0.139. The summed E-state index contributed by atoms with van der Waals surface area (Å²) in [6, 6.07) is 7.37. The maximum absolute atomic E-state index is 13.8. The number of ketones is 1. The van der Waals surface area contributed by atoms with Gasteiger partial charge in [-0.1, -0.05) is 0 Å². The lowest BCUT2D eigenvalue weighted by Crippen LogP contribution is -2.43. The molecule has 1 amide bonds.